The molecule has 0 aliphatic carbocycles. The van der Waals surface area contributed by atoms with Gasteiger partial charge in [-0.1, -0.05) is 24.3 Å². The van der Waals surface area contributed by atoms with E-state index in [9.17, 15) is 4.79 Å². The van der Waals surface area contributed by atoms with Crippen LogP contribution in [-0.2, 0) is 6.54 Å². The Kier molecular flexibility index (Phi) is 4.90. The van der Waals surface area contributed by atoms with E-state index in [0.29, 0.717) is 17.8 Å². The fourth-order valence-electron chi connectivity index (χ4n) is 3.32. The second-order valence-electron chi connectivity index (χ2n) is 6.42. The molecule has 1 saturated heterocycles. The van der Waals surface area contributed by atoms with E-state index in [4.69, 9.17) is 0 Å². The number of aryl methyl sites for hydroxylation is 1. The SMILES string of the molecule is Cc1nc(C=O)c(-c2ccc(CN3C[C@@H](C)N[C@@H](C)C3)cc2)s1. The van der Waals surface area contributed by atoms with Crippen molar-refractivity contribution < 1.29 is 4.79 Å². The van der Waals surface area contributed by atoms with Crippen LogP contribution in [0.2, 0.25) is 0 Å². The average molecular weight is 329 g/mol. The second kappa shape index (κ2) is 6.91. The monoisotopic (exact) mass is 329 g/mol. The van der Waals surface area contributed by atoms with Crippen LogP contribution in [0.3, 0.4) is 0 Å². The molecule has 23 heavy (non-hydrogen) atoms. The molecule has 4 nitrogen and oxygen atoms in total. The summed E-state index contributed by atoms with van der Waals surface area (Å²) in [5.41, 5.74) is 2.93. The van der Waals surface area contributed by atoms with Gasteiger partial charge >= 0.3 is 0 Å². The summed E-state index contributed by atoms with van der Waals surface area (Å²) >= 11 is 1.57. The standard InChI is InChI=1S/C18H23N3OS/c1-12-8-21(9-13(2)19-12)10-15-4-6-16(7-5-15)18-17(11-22)20-14(3)23-18/h4-7,11-13,19H,8-10H2,1-3H3/t12-,13+. The number of rotatable bonds is 4. The molecule has 1 aromatic heterocycles. The van der Waals surface area contributed by atoms with Gasteiger partial charge in [-0.2, -0.15) is 0 Å². The topological polar surface area (TPSA) is 45.2 Å². The van der Waals surface area contributed by atoms with E-state index in [0.717, 1.165) is 41.4 Å². The number of carbonyl (C=O) groups excluding carboxylic acids is 1. The maximum atomic E-state index is 11.1. The molecule has 0 bridgehead atoms. The maximum absolute atomic E-state index is 11.1. The third-order valence-electron chi connectivity index (χ3n) is 4.13. The first-order valence-corrected chi connectivity index (χ1v) is 8.87. The molecule has 0 saturated carbocycles. The number of nitrogens with zero attached hydrogens (tertiary/aromatic N) is 2. The van der Waals surface area contributed by atoms with Gasteiger partial charge in [-0.05, 0) is 31.9 Å². The lowest BCUT2D eigenvalue weighted by Gasteiger charge is -2.36. The van der Waals surface area contributed by atoms with Crippen molar-refractivity contribution in [1.29, 1.82) is 0 Å². The van der Waals surface area contributed by atoms with Gasteiger partial charge in [0.1, 0.15) is 5.69 Å². The highest BCUT2D eigenvalue weighted by atomic mass is 32.1. The van der Waals surface area contributed by atoms with Crippen molar-refractivity contribution in [3.05, 3.63) is 40.5 Å². The first-order valence-electron chi connectivity index (χ1n) is 8.05. The number of aldehydes is 1. The lowest BCUT2D eigenvalue weighted by molar-refractivity contribution is 0.112. The molecule has 0 radical (unpaired) electrons. The number of piperazine rings is 1. The molecule has 0 unspecified atom stereocenters. The number of hydrogen-bond acceptors (Lipinski definition) is 5. The first kappa shape index (κ1) is 16.3. The molecule has 1 aromatic carbocycles. The Morgan fingerprint density at radius 3 is 2.52 bits per heavy atom. The highest BCUT2D eigenvalue weighted by molar-refractivity contribution is 7.15. The molecule has 1 N–H and O–H groups in total. The summed E-state index contributed by atoms with van der Waals surface area (Å²) in [6.07, 6.45) is 0.844. The van der Waals surface area contributed by atoms with Crippen LogP contribution in [-0.4, -0.2) is 41.3 Å². The number of nitrogens with one attached hydrogen (secondary N) is 1. The molecule has 1 aliphatic rings. The molecule has 2 aromatic rings. The minimum absolute atomic E-state index is 0.536. The average Bonchev–Trinajstić information content (AvgIpc) is 2.88. The van der Waals surface area contributed by atoms with Gasteiger partial charge in [-0.3, -0.25) is 9.69 Å². The van der Waals surface area contributed by atoms with E-state index in [2.05, 4.69) is 53.3 Å². The Morgan fingerprint density at radius 2 is 1.91 bits per heavy atom. The van der Waals surface area contributed by atoms with E-state index < -0.39 is 0 Å². The van der Waals surface area contributed by atoms with Crippen molar-refractivity contribution in [2.24, 2.45) is 0 Å². The highest BCUT2D eigenvalue weighted by Gasteiger charge is 2.20. The predicted molar refractivity (Wildman–Crippen MR) is 95.0 cm³/mol. The largest absolute Gasteiger partial charge is 0.309 e. The number of benzene rings is 1. The summed E-state index contributed by atoms with van der Waals surface area (Å²) in [6.45, 7) is 9.53. The summed E-state index contributed by atoms with van der Waals surface area (Å²) in [7, 11) is 0. The van der Waals surface area contributed by atoms with Gasteiger partial charge in [0.05, 0.1) is 9.88 Å². The number of aromatic nitrogens is 1. The molecule has 1 aliphatic heterocycles. The lowest BCUT2D eigenvalue weighted by Crippen LogP contribution is -2.53. The summed E-state index contributed by atoms with van der Waals surface area (Å²) in [6, 6.07) is 9.60. The van der Waals surface area contributed by atoms with Crippen molar-refractivity contribution in [2.45, 2.75) is 39.4 Å². The second-order valence-corrected chi connectivity index (χ2v) is 7.63. The zero-order valence-electron chi connectivity index (χ0n) is 13.9. The zero-order valence-corrected chi connectivity index (χ0v) is 14.7. The predicted octanol–water partition coefficient (Wildman–Crippen LogP) is 3.11. The molecular formula is C18H23N3OS. The Morgan fingerprint density at radius 1 is 1.26 bits per heavy atom. The minimum atomic E-state index is 0.536. The van der Waals surface area contributed by atoms with Gasteiger partial charge in [0, 0.05) is 31.7 Å². The molecule has 2 atom stereocenters. The summed E-state index contributed by atoms with van der Waals surface area (Å²) in [4.78, 5) is 18.9. The minimum Gasteiger partial charge on any atom is -0.309 e. The first-order chi connectivity index (χ1) is 11.0. The molecule has 122 valence electrons. The summed E-state index contributed by atoms with van der Waals surface area (Å²) in [5, 5.41) is 4.49. The molecule has 0 amide bonds. The third-order valence-corrected chi connectivity index (χ3v) is 5.16. The van der Waals surface area contributed by atoms with E-state index in [1.807, 2.05) is 6.92 Å². The van der Waals surface area contributed by atoms with E-state index in [1.54, 1.807) is 11.3 Å². The third kappa shape index (κ3) is 3.86. The van der Waals surface area contributed by atoms with Crippen LogP contribution < -0.4 is 5.32 Å². The molecule has 1 fully saturated rings. The van der Waals surface area contributed by atoms with Crippen molar-refractivity contribution in [2.75, 3.05) is 13.1 Å². The van der Waals surface area contributed by atoms with Crippen LogP contribution in [0.15, 0.2) is 24.3 Å². The van der Waals surface area contributed by atoms with Gasteiger partial charge in [0.15, 0.2) is 6.29 Å². The maximum Gasteiger partial charge on any atom is 0.169 e. The van der Waals surface area contributed by atoms with Crippen LogP contribution in [0.25, 0.3) is 10.4 Å². The zero-order chi connectivity index (χ0) is 16.4. The Bertz CT molecular complexity index is 670. The number of thiazole rings is 1. The van der Waals surface area contributed by atoms with Crippen molar-refractivity contribution in [3.63, 3.8) is 0 Å². The summed E-state index contributed by atoms with van der Waals surface area (Å²) in [5.74, 6) is 0. The smallest absolute Gasteiger partial charge is 0.169 e. The van der Waals surface area contributed by atoms with E-state index >= 15 is 0 Å². The summed E-state index contributed by atoms with van der Waals surface area (Å²) < 4.78 is 0. The molecule has 3 rings (SSSR count). The normalized spacial score (nSPS) is 22.2. The molecule has 5 heteroatoms. The van der Waals surface area contributed by atoms with Crippen LogP contribution in [0.1, 0.15) is 34.9 Å². The van der Waals surface area contributed by atoms with Crippen LogP contribution in [0.4, 0.5) is 0 Å². The number of hydrogen-bond donors (Lipinski definition) is 1. The van der Waals surface area contributed by atoms with Gasteiger partial charge < -0.3 is 5.32 Å². The van der Waals surface area contributed by atoms with Crippen molar-refractivity contribution in [1.82, 2.24) is 15.2 Å². The van der Waals surface area contributed by atoms with Crippen LogP contribution >= 0.6 is 11.3 Å². The van der Waals surface area contributed by atoms with Gasteiger partial charge in [-0.15, -0.1) is 11.3 Å². The number of carbonyl (C=O) groups is 1. The fraction of sp³-hybridized carbons (Fsp3) is 0.444. The Balaban J connectivity index is 1.73. The molecule has 0 spiro atoms. The molecular weight excluding hydrogens is 306 g/mol. The van der Waals surface area contributed by atoms with Gasteiger partial charge in [0.25, 0.3) is 0 Å². The quantitative estimate of drug-likeness (QED) is 0.876. The highest BCUT2D eigenvalue weighted by Crippen LogP contribution is 2.29. The van der Waals surface area contributed by atoms with Crippen molar-refractivity contribution >= 4 is 17.6 Å². The van der Waals surface area contributed by atoms with E-state index in [-0.39, 0.29) is 0 Å². The van der Waals surface area contributed by atoms with E-state index in [1.165, 1.54) is 5.56 Å². The van der Waals surface area contributed by atoms with Crippen molar-refractivity contribution in [3.8, 4) is 10.4 Å². The lowest BCUT2D eigenvalue weighted by atomic mass is 10.1. The van der Waals surface area contributed by atoms with Gasteiger partial charge in [0.2, 0.25) is 0 Å². The Labute approximate surface area is 141 Å². The van der Waals surface area contributed by atoms with Gasteiger partial charge in [-0.25, -0.2) is 4.98 Å². The fourth-order valence-corrected chi connectivity index (χ4v) is 4.21. The Hall–Kier alpha value is -1.56. The van der Waals surface area contributed by atoms with Crippen LogP contribution in [0, 0.1) is 6.92 Å². The molecule has 2 heterocycles. The van der Waals surface area contributed by atoms with Crippen LogP contribution in [0.5, 0.6) is 0 Å².